The van der Waals surface area contributed by atoms with Gasteiger partial charge in [0.2, 0.25) is 0 Å². The predicted molar refractivity (Wildman–Crippen MR) is 80.4 cm³/mol. The highest BCUT2D eigenvalue weighted by atomic mass is 35.5. The summed E-state index contributed by atoms with van der Waals surface area (Å²) < 4.78 is 11.8. The first kappa shape index (κ1) is 14.7. The summed E-state index contributed by atoms with van der Waals surface area (Å²) in [6, 6.07) is 3.35. The first-order valence-electron chi connectivity index (χ1n) is 5.87. The van der Waals surface area contributed by atoms with Crippen LogP contribution in [-0.4, -0.2) is 20.4 Å². The van der Waals surface area contributed by atoms with E-state index in [-0.39, 0.29) is 0 Å². The third-order valence-electron chi connectivity index (χ3n) is 2.62. The van der Waals surface area contributed by atoms with Gasteiger partial charge in [0, 0.05) is 6.26 Å². The summed E-state index contributed by atoms with van der Waals surface area (Å²) in [6.45, 7) is 4.17. The minimum Gasteiger partial charge on any atom is -0.253 e. The largest absolute Gasteiger partial charge is 0.253 e. The average molecular weight is 317 g/mol. The molecule has 0 fully saturated rings. The molecule has 19 heavy (non-hydrogen) atoms. The van der Waals surface area contributed by atoms with Gasteiger partial charge in [0.05, 0.1) is 37.6 Å². The van der Waals surface area contributed by atoms with E-state index >= 15 is 0 Å². The van der Waals surface area contributed by atoms with E-state index in [4.69, 9.17) is 23.2 Å². The van der Waals surface area contributed by atoms with E-state index < -0.39 is 10.8 Å². The SMILES string of the molecule is CC(C)Cc1nc2cc(Cl)c(Cl)cc2nc1S(C)=O. The molecule has 0 radical (unpaired) electrons. The number of hydrogen-bond donors (Lipinski definition) is 0. The van der Waals surface area contributed by atoms with Crippen LogP contribution < -0.4 is 0 Å². The molecule has 0 saturated carbocycles. The summed E-state index contributed by atoms with van der Waals surface area (Å²) in [5, 5.41) is 1.40. The zero-order valence-electron chi connectivity index (χ0n) is 10.9. The fraction of sp³-hybridized carbons (Fsp3) is 0.385. The fourth-order valence-electron chi connectivity index (χ4n) is 1.82. The fourth-order valence-corrected chi connectivity index (χ4v) is 2.83. The number of nitrogens with zero attached hydrogens (tertiary/aromatic N) is 2. The molecular formula is C13H14Cl2N2OS. The molecule has 0 aliphatic rings. The lowest BCUT2D eigenvalue weighted by molar-refractivity contribution is 0.620. The highest BCUT2D eigenvalue weighted by molar-refractivity contribution is 7.84. The monoisotopic (exact) mass is 316 g/mol. The van der Waals surface area contributed by atoms with Crippen molar-refractivity contribution in [2.75, 3.05) is 6.26 Å². The summed E-state index contributed by atoms with van der Waals surface area (Å²) in [4.78, 5) is 8.96. The maximum absolute atomic E-state index is 11.8. The number of fused-ring (bicyclic) bond motifs is 1. The van der Waals surface area contributed by atoms with Gasteiger partial charge in [0.25, 0.3) is 0 Å². The van der Waals surface area contributed by atoms with Crippen LogP contribution in [0.4, 0.5) is 0 Å². The topological polar surface area (TPSA) is 42.9 Å². The van der Waals surface area contributed by atoms with Gasteiger partial charge in [-0.15, -0.1) is 0 Å². The van der Waals surface area contributed by atoms with Crippen molar-refractivity contribution < 1.29 is 4.21 Å². The number of benzene rings is 1. The van der Waals surface area contributed by atoms with Gasteiger partial charge in [-0.05, 0) is 24.5 Å². The molecule has 0 bridgehead atoms. The molecule has 1 heterocycles. The molecule has 3 nitrogen and oxygen atoms in total. The summed E-state index contributed by atoms with van der Waals surface area (Å²) >= 11 is 12.0. The maximum atomic E-state index is 11.8. The Morgan fingerprint density at radius 1 is 1.16 bits per heavy atom. The molecule has 1 unspecified atom stereocenters. The Bertz CT molecular complexity index is 659. The minimum absolute atomic E-state index is 0.414. The molecule has 0 saturated heterocycles. The Balaban J connectivity index is 2.69. The molecule has 0 amide bonds. The normalized spacial score (nSPS) is 13.2. The minimum atomic E-state index is -1.17. The summed E-state index contributed by atoms with van der Waals surface area (Å²) in [5.74, 6) is 0.414. The van der Waals surface area contributed by atoms with Crippen LogP contribution in [-0.2, 0) is 17.2 Å². The van der Waals surface area contributed by atoms with Gasteiger partial charge in [-0.25, -0.2) is 9.97 Å². The molecular weight excluding hydrogens is 303 g/mol. The summed E-state index contributed by atoms with van der Waals surface area (Å²) in [7, 11) is -1.17. The molecule has 2 aromatic rings. The number of hydrogen-bond acceptors (Lipinski definition) is 3. The summed E-state index contributed by atoms with van der Waals surface area (Å²) in [5.41, 5.74) is 2.06. The third-order valence-corrected chi connectivity index (χ3v) is 4.21. The lowest BCUT2D eigenvalue weighted by Gasteiger charge is -2.10. The Labute approximate surface area is 124 Å². The molecule has 1 aromatic heterocycles. The molecule has 1 atom stereocenters. The zero-order valence-corrected chi connectivity index (χ0v) is 13.2. The maximum Gasteiger partial charge on any atom is 0.149 e. The van der Waals surface area contributed by atoms with E-state index in [1.165, 1.54) is 0 Å². The molecule has 102 valence electrons. The second kappa shape index (κ2) is 5.73. The van der Waals surface area contributed by atoms with Crippen molar-refractivity contribution in [2.24, 2.45) is 5.92 Å². The van der Waals surface area contributed by atoms with Gasteiger partial charge in [-0.2, -0.15) is 0 Å². The van der Waals surface area contributed by atoms with Crippen molar-refractivity contribution in [3.63, 3.8) is 0 Å². The highest BCUT2D eigenvalue weighted by Gasteiger charge is 2.14. The first-order chi connectivity index (χ1) is 8.88. The van der Waals surface area contributed by atoms with E-state index in [0.717, 1.165) is 12.1 Å². The Morgan fingerprint density at radius 2 is 1.68 bits per heavy atom. The van der Waals surface area contributed by atoms with Gasteiger partial charge >= 0.3 is 0 Å². The van der Waals surface area contributed by atoms with Gasteiger partial charge in [0.1, 0.15) is 5.03 Å². The Kier molecular flexibility index (Phi) is 4.43. The Morgan fingerprint density at radius 3 is 2.16 bits per heavy atom. The lowest BCUT2D eigenvalue weighted by atomic mass is 10.1. The molecule has 0 spiro atoms. The van der Waals surface area contributed by atoms with Gasteiger partial charge in [-0.1, -0.05) is 37.0 Å². The van der Waals surface area contributed by atoms with E-state index in [0.29, 0.717) is 32.0 Å². The predicted octanol–water partition coefficient (Wildman–Crippen LogP) is 3.87. The second-order valence-electron chi connectivity index (χ2n) is 4.78. The van der Waals surface area contributed by atoms with Crippen molar-refractivity contribution >= 4 is 45.0 Å². The lowest BCUT2D eigenvalue weighted by Crippen LogP contribution is -2.07. The third kappa shape index (κ3) is 3.25. The van der Waals surface area contributed by atoms with Crippen LogP contribution in [0.5, 0.6) is 0 Å². The smallest absolute Gasteiger partial charge is 0.149 e. The van der Waals surface area contributed by atoms with Crippen LogP contribution in [0.1, 0.15) is 19.5 Å². The van der Waals surface area contributed by atoms with Gasteiger partial charge in [0.15, 0.2) is 0 Å². The molecule has 0 N–H and O–H groups in total. The van der Waals surface area contributed by atoms with Crippen LogP contribution in [0.25, 0.3) is 11.0 Å². The van der Waals surface area contributed by atoms with Crippen LogP contribution in [0, 0.1) is 5.92 Å². The highest BCUT2D eigenvalue weighted by Crippen LogP contribution is 2.27. The number of halogens is 2. The van der Waals surface area contributed by atoms with E-state index in [1.54, 1.807) is 18.4 Å². The standard InChI is InChI=1S/C13H14Cl2N2OS/c1-7(2)4-12-13(19(3)18)17-11-6-9(15)8(14)5-10(11)16-12/h5-7H,4H2,1-3H3. The Hall–Kier alpha value is -0.710. The van der Waals surface area contributed by atoms with Crippen molar-refractivity contribution in [3.8, 4) is 0 Å². The van der Waals surface area contributed by atoms with Crippen LogP contribution >= 0.6 is 23.2 Å². The van der Waals surface area contributed by atoms with E-state index in [9.17, 15) is 4.21 Å². The van der Waals surface area contributed by atoms with Crippen LogP contribution in [0.15, 0.2) is 17.2 Å². The summed E-state index contributed by atoms with van der Waals surface area (Å²) in [6.07, 6.45) is 2.34. The average Bonchev–Trinajstić information content (AvgIpc) is 2.29. The van der Waals surface area contributed by atoms with Crippen molar-refractivity contribution in [1.29, 1.82) is 0 Å². The second-order valence-corrected chi connectivity index (χ2v) is 6.89. The van der Waals surface area contributed by atoms with E-state index in [2.05, 4.69) is 23.8 Å². The van der Waals surface area contributed by atoms with Crippen molar-refractivity contribution in [3.05, 3.63) is 27.9 Å². The molecule has 6 heteroatoms. The van der Waals surface area contributed by atoms with Crippen LogP contribution in [0.2, 0.25) is 10.0 Å². The molecule has 0 aliphatic heterocycles. The molecule has 0 aliphatic carbocycles. The molecule has 1 aromatic carbocycles. The van der Waals surface area contributed by atoms with Crippen molar-refractivity contribution in [1.82, 2.24) is 9.97 Å². The number of rotatable bonds is 3. The zero-order chi connectivity index (χ0) is 14.2. The molecule has 2 rings (SSSR count). The van der Waals surface area contributed by atoms with Gasteiger partial charge < -0.3 is 0 Å². The number of aromatic nitrogens is 2. The van der Waals surface area contributed by atoms with Gasteiger partial charge in [-0.3, -0.25) is 4.21 Å². The quantitative estimate of drug-likeness (QED) is 0.863. The van der Waals surface area contributed by atoms with Crippen LogP contribution in [0.3, 0.4) is 0 Å². The van der Waals surface area contributed by atoms with Crippen molar-refractivity contribution in [2.45, 2.75) is 25.3 Å². The first-order valence-corrected chi connectivity index (χ1v) is 8.19. The van der Waals surface area contributed by atoms with E-state index in [1.807, 2.05) is 0 Å².